The average Bonchev–Trinajstić information content (AvgIpc) is 2.39. The van der Waals surface area contributed by atoms with Crippen molar-refractivity contribution in [2.24, 2.45) is 0 Å². The van der Waals surface area contributed by atoms with E-state index in [2.05, 4.69) is 15.9 Å². The number of ether oxygens (including phenoxy) is 1. The Hall–Kier alpha value is -0.740. The molecule has 0 radical (unpaired) electrons. The summed E-state index contributed by atoms with van der Waals surface area (Å²) in [7, 11) is 0. The fourth-order valence-electron chi connectivity index (χ4n) is 1.55. The first kappa shape index (κ1) is 14.7. The van der Waals surface area contributed by atoms with Gasteiger partial charge in [0, 0.05) is 15.6 Å². The third kappa shape index (κ3) is 3.86. The van der Waals surface area contributed by atoms with Crippen LogP contribution in [0.25, 0.3) is 0 Å². The molecule has 0 spiro atoms. The summed E-state index contributed by atoms with van der Waals surface area (Å²) >= 11 is 15.3. The summed E-state index contributed by atoms with van der Waals surface area (Å²) in [5.74, 6) is 0.697. The Morgan fingerprint density at radius 1 is 1.11 bits per heavy atom. The normalized spacial score (nSPS) is 10.5. The van der Waals surface area contributed by atoms with Crippen molar-refractivity contribution in [1.29, 1.82) is 0 Å². The molecule has 0 heterocycles. The monoisotopic (exact) mass is 360 g/mol. The molecule has 2 aromatic carbocycles. The van der Waals surface area contributed by atoms with Crippen molar-refractivity contribution in [3.8, 4) is 5.75 Å². The molecule has 0 aliphatic rings. The largest absolute Gasteiger partial charge is 0.488 e. The second-order valence-electron chi connectivity index (χ2n) is 3.95. The summed E-state index contributed by atoms with van der Waals surface area (Å²) in [6, 6.07) is 10.7. The molecule has 0 aliphatic carbocycles. The van der Waals surface area contributed by atoms with Crippen LogP contribution >= 0.6 is 39.1 Å². The molecule has 1 N–H and O–H groups in total. The molecule has 2 nitrogen and oxygen atoms in total. The number of aliphatic hydroxyl groups excluding tert-OH is 1. The number of rotatable bonds is 4. The van der Waals surface area contributed by atoms with E-state index in [-0.39, 0.29) is 6.61 Å². The van der Waals surface area contributed by atoms with Crippen molar-refractivity contribution < 1.29 is 9.84 Å². The Kier molecular flexibility index (Phi) is 5.11. The summed E-state index contributed by atoms with van der Waals surface area (Å²) in [5, 5.41) is 10.2. The molecule has 0 bridgehead atoms. The summed E-state index contributed by atoms with van der Waals surface area (Å²) in [5.41, 5.74) is 1.69. The number of hydrogen-bond donors (Lipinski definition) is 1. The number of halogens is 3. The molecule has 0 aromatic heterocycles. The van der Waals surface area contributed by atoms with Crippen LogP contribution in [0.15, 0.2) is 40.9 Å². The Balaban J connectivity index is 2.10. The second-order valence-corrected chi connectivity index (χ2v) is 5.65. The molecule has 19 heavy (non-hydrogen) atoms. The van der Waals surface area contributed by atoms with Crippen molar-refractivity contribution in [2.75, 3.05) is 0 Å². The quantitative estimate of drug-likeness (QED) is 0.845. The standard InChI is InChI=1S/C14H11BrCl2O2/c15-12-5-9(7-18)1-4-14(12)19-8-10-2-3-11(16)6-13(10)17/h1-6,18H,7-8H2. The van der Waals surface area contributed by atoms with E-state index < -0.39 is 0 Å². The minimum atomic E-state index is 0.00188. The van der Waals surface area contributed by atoms with Crippen LogP contribution < -0.4 is 4.74 Å². The molecule has 0 aliphatic heterocycles. The second kappa shape index (κ2) is 6.62. The van der Waals surface area contributed by atoms with Crippen LogP contribution in [0.1, 0.15) is 11.1 Å². The van der Waals surface area contributed by atoms with Crippen molar-refractivity contribution in [3.05, 3.63) is 62.0 Å². The van der Waals surface area contributed by atoms with Crippen molar-refractivity contribution in [1.82, 2.24) is 0 Å². The molecule has 100 valence electrons. The van der Waals surface area contributed by atoms with Crippen LogP contribution in [-0.2, 0) is 13.2 Å². The highest BCUT2D eigenvalue weighted by molar-refractivity contribution is 9.10. The van der Waals surface area contributed by atoms with Crippen LogP contribution in [0.4, 0.5) is 0 Å². The maximum atomic E-state index is 9.03. The fourth-order valence-corrected chi connectivity index (χ4v) is 2.56. The van der Waals surface area contributed by atoms with Crippen LogP contribution in [0, 0.1) is 0 Å². The van der Waals surface area contributed by atoms with Gasteiger partial charge in [-0.25, -0.2) is 0 Å². The van der Waals surface area contributed by atoms with Gasteiger partial charge in [0.25, 0.3) is 0 Å². The summed E-state index contributed by atoms with van der Waals surface area (Å²) < 4.78 is 6.48. The smallest absolute Gasteiger partial charge is 0.134 e. The van der Waals surface area contributed by atoms with E-state index in [9.17, 15) is 0 Å². The van der Waals surface area contributed by atoms with Gasteiger partial charge in [-0.1, -0.05) is 35.3 Å². The molecule has 0 fully saturated rings. The highest BCUT2D eigenvalue weighted by Gasteiger charge is 2.05. The van der Waals surface area contributed by atoms with E-state index in [1.807, 2.05) is 18.2 Å². The number of hydrogen-bond acceptors (Lipinski definition) is 2. The lowest BCUT2D eigenvalue weighted by molar-refractivity contribution is 0.280. The van der Waals surface area contributed by atoms with E-state index in [4.69, 9.17) is 33.0 Å². The third-order valence-electron chi connectivity index (χ3n) is 2.58. The van der Waals surface area contributed by atoms with Crippen molar-refractivity contribution >= 4 is 39.1 Å². The summed E-state index contributed by atoms with van der Waals surface area (Å²) in [6.07, 6.45) is 0. The van der Waals surface area contributed by atoms with Gasteiger partial charge < -0.3 is 9.84 Å². The van der Waals surface area contributed by atoms with Gasteiger partial charge in [-0.2, -0.15) is 0 Å². The Bertz CT molecular complexity index is 588. The number of benzene rings is 2. The van der Waals surface area contributed by atoms with Crippen molar-refractivity contribution in [3.63, 3.8) is 0 Å². The third-order valence-corrected chi connectivity index (χ3v) is 3.78. The predicted octanol–water partition coefficient (Wildman–Crippen LogP) is 4.83. The fraction of sp³-hybridized carbons (Fsp3) is 0.143. The van der Waals surface area contributed by atoms with Gasteiger partial charge in [0.1, 0.15) is 12.4 Å². The lowest BCUT2D eigenvalue weighted by Gasteiger charge is -2.10. The molecule has 5 heteroatoms. The highest BCUT2D eigenvalue weighted by Crippen LogP contribution is 2.28. The van der Waals surface area contributed by atoms with Gasteiger partial charge >= 0.3 is 0 Å². The number of aliphatic hydroxyl groups is 1. The maximum Gasteiger partial charge on any atom is 0.134 e. The van der Waals surface area contributed by atoms with Gasteiger partial charge in [-0.15, -0.1) is 0 Å². The van der Waals surface area contributed by atoms with Crippen LogP contribution in [0.3, 0.4) is 0 Å². The minimum absolute atomic E-state index is 0.00188. The summed E-state index contributed by atoms with van der Waals surface area (Å²) in [6.45, 7) is 0.356. The average molecular weight is 362 g/mol. The van der Waals surface area contributed by atoms with Crippen LogP contribution in [0.5, 0.6) is 5.75 Å². The molecule has 0 amide bonds. The van der Waals surface area contributed by atoms with Crippen molar-refractivity contribution in [2.45, 2.75) is 13.2 Å². The zero-order chi connectivity index (χ0) is 13.8. The zero-order valence-electron chi connectivity index (χ0n) is 9.87. The molecular formula is C14H11BrCl2O2. The van der Waals surface area contributed by atoms with Gasteiger partial charge in [0.15, 0.2) is 0 Å². The van der Waals surface area contributed by atoms with E-state index in [0.29, 0.717) is 22.4 Å². The van der Waals surface area contributed by atoms with E-state index in [1.165, 1.54) is 0 Å². The van der Waals surface area contributed by atoms with Crippen LogP contribution in [0.2, 0.25) is 10.0 Å². The lowest BCUT2D eigenvalue weighted by Crippen LogP contribution is -1.97. The Morgan fingerprint density at radius 2 is 1.89 bits per heavy atom. The zero-order valence-corrected chi connectivity index (χ0v) is 13.0. The molecule has 2 rings (SSSR count). The molecule has 0 unspecified atom stereocenters. The molecular weight excluding hydrogens is 351 g/mol. The molecule has 0 atom stereocenters. The topological polar surface area (TPSA) is 29.5 Å². The van der Waals surface area contributed by atoms with Gasteiger partial charge in [0.05, 0.1) is 11.1 Å². The molecule has 0 saturated carbocycles. The van der Waals surface area contributed by atoms with Gasteiger partial charge in [-0.3, -0.25) is 0 Å². The van der Waals surface area contributed by atoms with E-state index in [1.54, 1.807) is 18.2 Å². The van der Waals surface area contributed by atoms with Crippen LogP contribution in [-0.4, -0.2) is 5.11 Å². The predicted molar refractivity (Wildman–Crippen MR) is 80.9 cm³/mol. The lowest BCUT2D eigenvalue weighted by atomic mass is 10.2. The summed E-state index contributed by atoms with van der Waals surface area (Å²) in [4.78, 5) is 0. The van der Waals surface area contributed by atoms with E-state index >= 15 is 0 Å². The SMILES string of the molecule is OCc1ccc(OCc2ccc(Cl)cc2Cl)c(Br)c1. The molecule has 0 saturated heterocycles. The maximum absolute atomic E-state index is 9.03. The van der Waals surface area contributed by atoms with Gasteiger partial charge in [0.2, 0.25) is 0 Å². The molecule has 2 aromatic rings. The first-order chi connectivity index (χ1) is 9.10. The Labute approximate surface area is 130 Å². The van der Waals surface area contributed by atoms with E-state index in [0.717, 1.165) is 15.6 Å². The first-order valence-electron chi connectivity index (χ1n) is 5.56. The van der Waals surface area contributed by atoms with Gasteiger partial charge in [-0.05, 0) is 45.8 Å². The Morgan fingerprint density at radius 3 is 2.53 bits per heavy atom. The first-order valence-corrected chi connectivity index (χ1v) is 7.11. The highest BCUT2D eigenvalue weighted by atomic mass is 79.9. The minimum Gasteiger partial charge on any atom is -0.488 e.